The standard InChI is InChI=1S/C33H29F4N3O6S/c1-17-27(38-18(2)45-17)31(42)40-24-9-7-10-25(41)28(24)39-23-15-32(3,4)16-47(43,44)30(23)29(40)20-13-12-19(14-22(20)34)46-26-11-6-5-8-21(26)33(35,36)37/h5-14,29,39,41H,15-16H2,1-4H3. The highest BCUT2D eigenvalue weighted by molar-refractivity contribution is 7.95. The van der Waals surface area contributed by atoms with Gasteiger partial charge < -0.3 is 19.6 Å². The second kappa shape index (κ2) is 11.1. The molecular formula is C33H29F4N3O6S. The van der Waals surface area contributed by atoms with Crippen LogP contribution in [0, 0.1) is 25.1 Å². The summed E-state index contributed by atoms with van der Waals surface area (Å²) in [5.41, 5.74) is -2.11. The quantitative estimate of drug-likeness (QED) is 0.166. The van der Waals surface area contributed by atoms with E-state index in [9.17, 15) is 31.5 Å². The van der Waals surface area contributed by atoms with Crippen molar-refractivity contribution in [3.63, 3.8) is 0 Å². The third kappa shape index (κ3) is 5.81. The van der Waals surface area contributed by atoms with Crippen LogP contribution in [0.15, 0.2) is 75.7 Å². The van der Waals surface area contributed by atoms with Gasteiger partial charge in [-0.2, -0.15) is 13.2 Å². The van der Waals surface area contributed by atoms with Gasteiger partial charge in [0.1, 0.15) is 40.6 Å². The van der Waals surface area contributed by atoms with Gasteiger partial charge >= 0.3 is 6.18 Å². The Balaban J connectivity index is 1.59. The molecule has 47 heavy (non-hydrogen) atoms. The largest absolute Gasteiger partial charge is 0.506 e. The number of halogens is 4. The topological polar surface area (TPSA) is 122 Å². The molecule has 1 atom stereocenters. The van der Waals surface area contributed by atoms with Gasteiger partial charge in [-0.05, 0) is 55.2 Å². The summed E-state index contributed by atoms with van der Waals surface area (Å²) in [6.07, 6.45) is -4.58. The zero-order valence-electron chi connectivity index (χ0n) is 25.6. The summed E-state index contributed by atoms with van der Waals surface area (Å²) in [5.74, 6) is -3.11. The average molecular weight is 672 g/mol. The number of amides is 1. The second-order valence-corrected chi connectivity index (χ2v) is 14.2. The zero-order chi connectivity index (χ0) is 34.1. The maximum absolute atomic E-state index is 16.4. The number of carbonyl (C=O) groups excluding carboxylic acids is 1. The third-order valence-corrected chi connectivity index (χ3v) is 10.2. The lowest BCUT2D eigenvalue weighted by molar-refractivity contribution is -0.138. The van der Waals surface area contributed by atoms with Gasteiger partial charge in [0.05, 0.1) is 21.9 Å². The molecular weight excluding hydrogens is 642 g/mol. The van der Waals surface area contributed by atoms with Crippen molar-refractivity contribution in [3.8, 4) is 17.2 Å². The molecule has 2 aliphatic heterocycles. The first kappa shape index (κ1) is 32.1. The number of aromatic hydroxyl groups is 1. The van der Waals surface area contributed by atoms with Gasteiger partial charge in [0.15, 0.2) is 21.4 Å². The third-order valence-electron chi connectivity index (χ3n) is 7.94. The number of aromatic nitrogens is 1. The van der Waals surface area contributed by atoms with Crippen LogP contribution in [0.4, 0.5) is 28.9 Å². The number of ether oxygens (including phenoxy) is 1. The molecule has 246 valence electrons. The van der Waals surface area contributed by atoms with Crippen LogP contribution in [0.25, 0.3) is 0 Å². The van der Waals surface area contributed by atoms with Crippen LogP contribution in [0.3, 0.4) is 0 Å². The Bertz CT molecular complexity index is 2070. The molecule has 1 unspecified atom stereocenters. The molecule has 4 aromatic rings. The van der Waals surface area contributed by atoms with Crippen molar-refractivity contribution in [3.05, 3.63) is 106 Å². The number of fused-ring (bicyclic) bond motifs is 1. The minimum Gasteiger partial charge on any atom is -0.506 e. The number of alkyl halides is 3. The van der Waals surface area contributed by atoms with Gasteiger partial charge in [0, 0.05) is 24.3 Å². The van der Waals surface area contributed by atoms with Gasteiger partial charge in [-0.3, -0.25) is 9.69 Å². The van der Waals surface area contributed by atoms with Crippen molar-refractivity contribution in [2.24, 2.45) is 5.41 Å². The maximum Gasteiger partial charge on any atom is 0.419 e. The number of sulfone groups is 1. The Morgan fingerprint density at radius 1 is 1.11 bits per heavy atom. The van der Waals surface area contributed by atoms with Crippen LogP contribution in [0.2, 0.25) is 0 Å². The smallest absolute Gasteiger partial charge is 0.419 e. The average Bonchev–Trinajstić information content (AvgIpc) is 3.21. The molecule has 3 heterocycles. The number of nitrogens with zero attached hydrogens (tertiary/aromatic N) is 2. The van der Waals surface area contributed by atoms with E-state index in [4.69, 9.17) is 9.15 Å². The monoisotopic (exact) mass is 671 g/mol. The molecule has 0 radical (unpaired) electrons. The van der Waals surface area contributed by atoms with E-state index in [-0.39, 0.29) is 68.6 Å². The first-order valence-electron chi connectivity index (χ1n) is 14.4. The highest BCUT2D eigenvalue weighted by Gasteiger charge is 2.48. The van der Waals surface area contributed by atoms with E-state index in [1.807, 2.05) is 0 Å². The molecule has 0 bridgehead atoms. The maximum atomic E-state index is 16.4. The lowest BCUT2D eigenvalue weighted by atomic mass is 9.88. The number of hydrogen-bond donors (Lipinski definition) is 2. The Labute approximate surface area is 267 Å². The van der Waals surface area contributed by atoms with E-state index in [1.165, 1.54) is 56.3 Å². The number of phenols is 1. The highest BCUT2D eigenvalue weighted by atomic mass is 32.2. The molecule has 2 N–H and O–H groups in total. The van der Waals surface area contributed by atoms with E-state index in [1.54, 1.807) is 13.8 Å². The number of oxazole rings is 1. The summed E-state index contributed by atoms with van der Waals surface area (Å²) < 4.78 is 96.4. The number of carbonyl (C=O) groups is 1. The van der Waals surface area contributed by atoms with Crippen LogP contribution >= 0.6 is 0 Å². The van der Waals surface area contributed by atoms with E-state index < -0.39 is 50.5 Å². The van der Waals surface area contributed by atoms with Gasteiger partial charge in [-0.25, -0.2) is 17.8 Å². The summed E-state index contributed by atoms with van der Waals surface area (Å²) in [6, 6.07) is 10.3. The highest BCUT2D eigenvalue weighted by Crippen LogP contribution is 2.52. The van der Waals surface area contributed by atoms with Gasteiger partial charge in [-0.1, -0.05) is 32.0 Å². The number of phenolic OH excluding ortho intramolecular Hbond substituents is 1. The predicted molar refractivity (Wildman–Crippen MR) is 164 cm³/mol. The molecule has 1 aromatic heterocycles. The van der Waals surface area contributed by atoms with Crippen LogP contribution in [-0.2, 0) is 16.0 Å². The summed E-state index contributed by atoms with van der Waals surface area (Å²) in [5, 5.41) is 14.0. The lowest BCUT2D eigenvalue weighted by Crippen LogP contribution is -2.41. The normalized spacial score (nSPS) is 18.6. The van der Waals surface area contributed by atoms with E-state index in [0.29, 0.717) is 0 Å². The van der Waals surface area contributed by atoms with Gasteiger partial charge in [0.2, 0.25) is 0 Å². The number of rotatable bonds is 4. The fourth-order valence-corrected chi connectivity index (χ4v) is 8.52. The van der Waals surface area contributed by atoms with E-state index in [0.717, 1.165) is 23.1 Å². The van der Waals surface area contributed by atoms with Crippen LogP contribution in [0.1, 0.15) is 59.6 Å². The number of nitrogens with one attached hydrogen (secondary N) is 1. The molecule has 3 aromatic carbocycles. The fraction of sp³-hybridized carbons (Fsp3) is 0.273. The molecule has 2 aliphatic rings. The number of allylic oxidation sites excluding steroid dienone is 1. The SMILES string of the molecule is Cc1nc(C(=O)N2c3cccc(O)c3NC3=C(C2c2ccc(Oc4ccccc4C(F)(F)F)cc2F)S(=O)(=O)CC(C)(C)C3)c(C)o1. The second-order valence-electron chi connectivity index (χ2n) is 12.2. The molecule has 0 aliphatic carbocycles. The molecule has 6 rings (SSSR count). The van der Waals surface area contributed by atoms with Crippen molar-refractivity contribution < 1.29 is 45.0 Å². The lowest BCUT2D eigenvalue weighted by Gasteiger charge is -2.37. The summed E-state index contributed by atoms with van der Waals surface area (Å²) in [6.45, 7) is 6.52. The molecule has 0 spiro atoms. The van der Waals surface area contributed by atoms with Crippen molar-refractivity contribution in [1.82, 2.24) is 4.98 Å². The zero-order valence-corrected chi connectivity index (χ0v) is 26.4. The van der Waals surface area contributed by atoms with Gasteiger partial charge in [0.25, 0.3) is 5.91 Å². The number of benzene rings is 3. The molecule has 1 amide bonds. The number of anilines is 2. The number of hydrogen-bond acceptors (Lipinski definition) is 8. The number of para-hydroxylation sites is 2. The first-order valence-corrected chi connectivity index (χ1v) is 16.1. The van der Waals surface area contributed by atoms with E-state index >= 15 is 4.39 Å². The van der Waals surface area contributed by atoms with Crippen molar-refractivity contribution in [1.29, 1.82) is 0 Å². The molecule has 0 saturated carbocycles. The van der Waals surface area contributed by atoms with Crippen molar-refractivity contribution in [2.75, 3.05) is 16.0 Å². The van der Waals surface area contributed by atoms with Crippen molar-refractivity contribution >= 4 is 27.1 Å². The summed E-state index contributed by atoms with van der Waals surface area (Å²) in [7, 11) is -4.22. The van der Waals surface area contributed by atoms with Crippen LogP contribution in [-0.4, -0.2) is 30.2 Å². The summed E-state index contributed by atoms with van der Waals surface area (Å²) in [4.78, 5) is 19.4. The van der Waals surface area contributed by atoms with Crippen LogP contribution in [0.5, 0.6) is 17.2 Å². The molecule has 0 fully saturated rings. The van der Waals surface area contributed by atoms with Gasteiger partial charge in [-0.15, -0.1) is 0 Å². The Morgan fingerprint density at radius 2 is 1.83 bits per heavy atom. The molecule has 9 nitrogen and oxygen atoms in total. The molecule has 14 heteroatoms. The minimum absolute atomic E-state index is 0.0192. The first-order chi connectivity index (χ1) is 22.0. The predicted octanol–water partition coefficient (Wildman–Crippen LogP) is 7.82. The van der Waals surface area contributed by atoms with E-state index in [2.05, 4.69) is 10.3 Å². The number of aryl methyl sites for hydroxylation is 2. The Hall–Kier alpha value is -4.85. The Morgan fingerprint density at radius 3 is 2.49 bits per heavy atom. The van der Waals surface area contributed by atoms with Crippen molar-refractivity contribution in [2.45, 2.75) is 46.3 Å². The fourth-order valence-electron chi connectivity index (χ4n) is 6.16. The summed E-state index contributed by atoms with van der Waals surface area (Å²) >= 11 is 0. The molecule has 0 saturated heterocycles. The Kier molecular flexibility index (Phi) is 7.61. The van der Waals surface area contributed by atoms with Crippen LogP contribution < -0.4 is 15.0 Å². The minimum atomic E-state index is -4.74.